The summed E-state index contributed by atoms with van der Waals surface area (Å²) in [5.41, 5.74) is 5.21. The quantitative estimate of drug-likeness (QED) is 0.671. The van der Waals surface area contributed by atoms with Gasteiger partial charge in [0.1, 0.15) is 6.04 Å². The number of nitrogens with zero attached hydrogens (tertiary/aromatic N) is 4. The maximum absolute atomic E-state index is 12.5. The van der Waals surface area contributed by atoms with Crippen LogP contribution in [0.4, 0.5) is 4.79 Å². The van der Waals surface area contributed by atoms with Crippen molar-refractivity contribution in [1.29, 1.82) is 0 Å². The molecule has 1 aromatic rings. The zero-order valence-electron chi connectivity index (χ0n) is 12.7. The van der Waals surface area contributed by atoms with E-state index in [1.165, 1.54) is 4.90 Å². The number of carbonyl (C=O) groups is 1. The second kappa shape index (κ2) is 5.12. The molecule has 2 aliphatic heterocycles. The van der Waals surface area contributed by atoms with Crippen molar-refractivity contribution in [3.8, 4) is 0 Å². The second-order valence-electron chi connectivity index (χ2n) is 6.43. The molecule has 3 N–H and O–H groups in total. The highest BCUT2D eigenvalue weighted by Crippen LogP contribution is 2.61. The maximum atomic E-state index is 12.5. The fourth-order valence-electron chi connectivity index (χ4n) is 3.66. The van der Waals surface area contributed by atoms with Crippen LogP contribution in [-0.4, -0.2) is 58.3 Å². The summed E-state index contributed by atoms with van der Waals surface area (Å²) in [7, 11) is -4.77. The Morgan fingerprint density at radius 2 is 2.17 bits per heavy atom. The van der Waals surface area contributed by atoms with Crippen LogP contribution in [0, 0.1) is 5.41 Å². The van der Waals surface area contributed by atoms with Gasteiger partial charge in [-0.15, -0.1) is 14.5 Å². The predicted octanol–water partition coefficient (Wildman–Crippen LogP) is -0.364. The summed E-state index contributed by atoms with van der Waals surface area (Å²) >= 11 is 0. The minimum atomic E-state index is -4.77. The molecule has 11 nitrogen and oxygen atoms in total. The van der Waals surface area contributed by atoms with E-state index < -0.39 is 28.5 Å². The number of hydrogen-bond acceptors (Lipinski definition) is 8. The molecule has 3 aliphatic rings. The van der Waals surface area contributed by atoms with Crippen molar-refractivity contribution in [3.05, 3.63) is 11.8 Å². The van der Waals surface area contributed by atoms with E-state index in [9.17, 15) is 13.2 Å². The smallest absolute Gasteiger partial charge is 0.418 e. The monoisotopic (exact) mass is 359 g/mol. The molecule has 0 unspecified atom stereocenters. The fourth-order valence-corrected chi connectivity index (χ4v) is 4.03. The van der Waals surface area contributed by atoms with Crippen molar-refractivity contribution in [2.45, 2.75) is 37.8 Å². The molecule has 1 saturated carbocycles. The normalized spacial score (nSPS) is 28.0. The summed E-state index contributed by atoms with van der Waals surface area (Å²) in [5.74, 6) is 0.711. The van der Waals surface area contributed by atoms with E-state index in [-0.39, 0.29) is 12.0 Å². The van der Waals surface area contributed by atoms with E-state index in [1.807, 2.05) is 0 Å². The van der Waals surface area contributed by atoms with Gasteiger partial charge in [0.05, 0.1) is 6.04 Å². The Morgan fingerprint density at radius 1 is 1.42 bits per heavy atom. The van der Waals surface area contributed by atoms with Gasteiger partial charge in [0, 0.05) is 19.5 Å². The van der Waals surface area contributed by atoms with E-state index in [4.69, 9.17) is 14.7 Å². The first kappa shape index (κ1) is 15.7. The summed E-state index contributed by atoms with van der Waals surface area (Å²) in [6.07, 6.45) is 2.70. The van der Waals surface area contributed by atoms with E-state index in [0.29, 0.717) is 31.2 Å². The molecule has 2 amide bonds. The number of hydroxylamine groups is 2. The summed E-state index contributed by atoms with van der Waals surface area (Å²) in [6, 6.07) is -1.50. The first-order valence-electron chi connectivity index (χ1n) is 7.62. The molecule has 1 aliphatic carbocycles. The third-order valence-corrected chi connectivity index (χ3v) is 5.31. The minimum Gasteiger partial charge on any atom is -0.423 e. The number of nitrogens with two attached hydrogens (primary N) is 1. The van der Waals surface area contributed by atoms with E-state index in [2.05, 4.69) is 14.5 Å². The molecule has 2 atom stereocenters. The van der Waals surface area contributed by atoms with Crippen molar-refractivity contribution in [2.24, 2.45) is 11.1 Å². The molecule has 1 spiro atoms. The topological polar surface area (TPSA) is 152 Å². The third-order valence-electron chi connectivity index (χ3n) is 4.96. The molecule has 3 fully saturated rings. The lowest BCUT2D eigenvalue weighted by atomic mass is 9.85. The Bertz CT molecular complexity index is 775. The van der Waals surface area contributed by atoms with E-state index in [1.54, 1.807) is 0 Å². The van der Waals surface area contributed by atoms with Crippen LogP contribution in [0.5, 0.6) is 0 Å². The van der Waals surface area contributed by atoms with Gasteiger partial charge in [-0.05, 0) is 24.7 Å². The lowest BCUT2D eigenvalue weighted by Crippen LogP contribution is -2.43. The molecule has 2 bridgehead atoms. The van der Waals surface area contributed by atoms with Gasteiger partial charge in [0.25, 0.3) is 0 Å². The van der Waals surface area contributed by atoms with Crippen LogP contribution < -0.4 is 5.73 Å². The van der Waals surface area contributed by atoms with Gasteiger partial charge >= 0.3 is 16.4 Å². The summed E-state index contributed by atoms with van der Waals surface area (Å²) in [6.45, 7) is 0.657. The molecule has 1 aromatic heterocycles. The van der Waals surface area contributed by atoms with Gasteiger partial charge in [-0.3, -0.25) is 4.55 Å². The fraction of sp³-hybridized carbons (Fsp3) is 0.750. The average molecular weight is 359 g/mol. The largest absolute Gasteiger partial charge is 0.423 e. The van der Waals surface area contributed by atoms with Crippen LogP contribution >= 0.6 is 0 Å². The van der Waals surface area contributed by atoms with Gasteiger partial charge in [-0.2, -0.15) is 13.5 Å². The van der Waals surface area contributed by atoms with Gasteiger partial charge in [0.2, 0.25) is 11.8 Å². The van der Waals surface area contributed by atoms with Crippen molar-refractivity contribution >= 4 is 16.4 Å². The van der Waals surface area contributed by atoms with Crippen molar-refractivity contribution in [2.75, 3.05) is 13.1 Å². The number of aromatic nitrogens is 2. The standard InChI is InChI=1S/C12H17N5O6S/c13-4-1-9-14-15-10(22-9)7-5-12(2-3-12)8-6-16(7)11(18)17(8)23-24(19,20)21/h7-8H,1-6,13H2,(H,19,20,21)/t7-,8-/m0/s1. The van der Waals surface area contributed by atoms with Crippen LogP contribution in [0.2, 0.25) is 0 Å². The van der Waals surface area contributed by atoms with Crippen molar-refractivity contribution < 1.29 is 26.5 Å². The molecule has 2 saturated heterocycles. The Kier molecular flexibility index (Phi) is 3.36. The maximum Gasteiger partial charge on any atom is 0.418 e. The summed E-state index contributed by atoms with van der Waals surface area (Å²) in [4.78, 5) is 14.0. The molecule has 0 aromatic carbocycles. The van der Waals surface area contributed by atoms with Crippen molar-refractivity contribution in [1.82, 2.24) is 20.2 Å². The number of carbonyl (C=O) groups excluding carboxylic acids is 1. The van der Waals surface area contributed by atoms with Crippen LogP contribution in [0.15, 0.2) is 4.42 Å². The zero-order valence-corrected chi connectivity index (χ0v) is 13.5. The number of urea groups is 1. The highest BCUT2D eigenvalue weighted by molar-refractivity contribution is 7.80. The van der Waals surface area contributed by atoms with Gasteiger partial charge in [-0.1, -0.05) is 0 Å². The van der Waals surface area contributed by atoms with Crippen LogP contribution in [0.25, 0.3) is 0 Å². The first-order chi connectivity index (χ1) is 11.3. The van der Waals surface area contributed by atoms with Crippen molar-refractivity contribution in [3.63, 3.8) is 0 Å². The lowest BCUT2D eigenvalue weighted by molar-refractivity contribution is -0.0530. The molecule has 3 heterocycles. The molecular weight excluding hydrogens is 342 g/mol. The highest BCUT2D eigenvalue weighted by Gasteiger charge is 2.64. The first-order valence-corrected chi connectivity index (χ1v) is 8.99. The number of fused-ring (bicyclic) bond motifs is 3. The van der Waals surface area contributed by atoms with Gasteiger partial charge in [-0.25, -0.2) is 4.79 Å². The number of amides is 2. The molecule has 0 radical (unpaired) electrons. The Morgan fingerprint density at radius 3 is 2.79 bits per heavy atom. The summed E-state index contributed by atoms with van der Waals surface area (Å²) in [5, 5.41) is 8.69. The van der Waals surface area contributed by atoms with Crippen LogP contribution in [-0.2, 0) is 21.1 Å². The third kappa shape index (κ3) is 2.46. The number of rotatable bonds is 5. The molecule has 12 heteroatoms. The number of piperidine rings is 1. The van der Waals surface area contributed by atoms with Crippen LogP contribution in [0.1, 0.15) is 37.1 Å². The predicted molar refractivity (Wildman–Crippen MR) is 76.4 cm³/mol. The lowest BCUT2D eigenvalue weighted by Gasteiger charge is -2.34. The SMILES string of the molecule is NCCc1nnc([C@@H]2CC3(CC3)[C@@H]3CN2C(=O)N3OS(=O)(=O)O)o1. The Labute approximate surface area is 137 Å². The van der Waals surface area contributed by atoms with E-state index in [0.717, 1.165) is 17.9 Å². The molecular formula is C12H17N5O6S. The molecule has 24 heavy (non-hydrogen) atoms. The molecule has 4 rings (SSSR count). The van der Waals surface area contributed by atoms with Gasteiger partial charge in [0.15, 0.2) is 0 Å². The number of hydrogen-bond donors (Lipinski definition) is 2. The minimum absolute atomic E-state index is 0.249. The average Bonchev–Trinajstić information content (AvgIpc) is 3.00. The van der Waals surface area contributed by atoms with E-state index >= 15 is 0 Å². The Balaban J connectivity index is 1.64. The highest BCUT2D eigenvalue weighted by atomic mass is 32.3. The van der Waals surface area contributed by atoms with Gasteiger partial charge < -0.3 is 15.1 Å². The van der Waals surface area contributed by atoms with Crippen LogP contribution in [0.3, 0.4) is 0 Å². The Hall–Kier alpha value is -1.76. The zero-order chi connectivity index (χ0) is 17.1. The second-order valence-corrected chi connectivity index (χ2v) is 7.44. The molecule has 132 valence electrons. The summed E-state index contributed by atoms with van der Waals surface area (Å²) < 4.78 is 41.1.